The predicted octanol–water partition coefficient (Wildman–Crippen LogP) is 1.29. The summed E-state index contributed by atoms with van der Waals surface area (Å²) in [5.74, 6) is 1.44. The molecule has 20 heavy (non-hydrogen) atoms. The van der Waals surface area contributed by atoms with Crippen LogP contribution in [-0.2, 0) is 9.84 Å². The Kier molecular flexibility index (Phi) is 3.09. The molecule has 0 saturated heterocycles. The number of nitrogens with zero attached hydrogens (tertiary/aromatic N) is 4. The van der Waals surface area contributed by atoms with Crippen molar-refractivity contribution in [3.63, 3.8) is 0 Å². The number of aromatic nitrogens is 4. The first kappa shape index (κ1) is 12.9. The molecular weight excluding hydrogens is 278 g/mol. The molecule has 1 fully saturated rings. The van der Waals surface area contributed by atoms with Crippen LogP contribution in [0.15, 0.2) is 29.8 Å². The highest BCUT2D eigenvalue weighted by molar-refractivity contribution is 7.90. The van der Waals surface area contributed by atoms with Crippen molar-refractivity contribution >= 4 is 21.5 Å². The smallest absolute Gasteiger partial charge is 0.248 e. The van der Waals surface area contributed by atoms with Gasteiger partial charge in [0.25, 0.3) is 0 Å². The summed E-state index contributed by atoms with van der Waals surface area (Å²) in [6.45, 7) is 0. The van der Waals surface area contributed by atoms with Crippen molar-refractivity contribution in [2.45, 2.75) is 23.9 Å². The second kappa shape index (κ2) is 4.78. The Morgan fingerprint density at radius 2 is 1.95 bits per heavy atom. The molecule has 1 aliphatic carbocycles. The molecule has 2 aromatic heterocycles. The minimum absolute atomic E-state index is 0.218. The molecule has 0 unspecified atom stereocenters. The summed E-state index contributed by atoms with van der Waals surface area (Å²) in [5.41, 5.74) is 0.995. The van der Waals surface area contributed by atoms with Gasteiger partial charge < -0.3 is 5.32 Å². The van der Waals surface area contributed by atoms with Gasteiger partial charge in [-0.25, -0.2) is 23.4 Å². The van der Waals surface area contributed by atoms with Crippen molar-refractivity contribution in [1.82, 2.24) is 19.9 Å². The van der Waals surface area contributed by atoms with Gasteiger partial charge in [0.2, 0.25) is 15.0 Å². The molecule has 3 rings (SSSR count). The molecule has 0 atom stereocenters. The largest absolute Gasteiger partial charge is 0.324 e. The lowest BCUT2D eigenvalue weighted by Crippen LogP contribution is -2.06. The third-order valence-corrected chi connectivity index (χ3v) is 3.75. The monoisotopic (exact) mass is 291 g/mol. The van der Waals surface area contributed by atoms with E-state index in [4.69, 9.17) is 0 Å². The Morgan fingerprint density at radius 1 is 1.15 bits per heavy atom. The Hall–Kier alpha value is -2.09. The second-order valence-electron chi connectivity index (χ2n) is 4.72. The van der Waals surface area contributed by atoms with Crippen molar-refractivity contribution in [1.29, 1.82) is 0 Å². The van der Waals surface area contributed by atoms with Crippen molar-refractivity contribution in [2.24, 2.45) is 0 Å². The lowest BCUT2D eigenvalue weighted by atomic mass is 10.3. The summed E-state index contributed by atoms with van der Waals surface area (Å²) in [5, 5.41) is 2.70. The first-order valence-electron chi connectivity index (χ1n) is 6.14. The van der Waals surface area contributed by atoms with Crippen molar-refractivity contribution in [3.8, 4) is 0 Å². The molecular formula is C12H13N5O2S. The maximum atomic E-state index is 11.4. The van der Waals surface area contributed by atoms with Gasteiger partial charge >= 0.3 is 0 Å². The topological polar surface area (TPSA) is 97.7 Å². The average Bonchev–Trinajstić information content (AvgIpc) is 3.23. The van der Waals surface area contributed by atoms with Crippen LogP contribution in [0.25, 0.3) is 0 Å². The molecule has 1 saturated carbocycles. The third kappa shape index (κ3) is 2.90. The summed E-state index contributed by atoms with van der Waals surface area (Å²) >= 11 is 0. The highest BCUT2D eigenvalue weighted by Crippen LogP contribution is 2.38. The molecule has 1 N–H and O–H groups in total. The molecule has 2 aromatic rings. The van der Waals surface area contributed by atoms with Crippen LogP contribution in [0.3, 0.4) is 0 Å². The zero-order chi connectivity index (χ0) is 14.2. The molecule has 0 bridgehead atoms. The SMILES string of the molecule is CS(=O)(=O)c1nccc(Nc2cnc(C3CC3)cn2)n1. The van der Waals surface area contributed by atoms with Crippen LogP contribution in [-0.4, -0.2) is 34.6 Å². The number of anilines is 2. The van der Waals surface area contributed by atoms with Gasteiger partial charge in [0.05, 0.1) is 18.1 Å². The van der Waals surface area contributed by atoms with E-state index in [9.17, 15) is 8.42 Å². The molecule has 8 heteroatoms. The third-order valence-electron chi connectivity index (χ3n) is 2.89. The van der Waals surface area contributed by atoms with Crippen LogP contribution < -0.4 is 5.32 Å². The predicted molar refractivity (Wildman–Crippen MR) is 72.4 cm³/mol. The summed E-state index contributed by atoms with van der Waals surface area (Å²) in [7, 11) is -3.43. The Labute approximate surface area is 116 Å². The molecule has 7 nitrogen and oxygen atoms in total. The van der Waals surface area contributed by atoms with Gasteiger partial charge in [-0.15, -0.1) is 0 Å². The summed E-state index contributed by atoms with van der Waals surface area (Å²) < 4.78 is 22.8. The van der Waals surface area contributed by atoms with Crippen LogP contribution >= 0.6 is 0 Å². The van der Waals surface area contributed by atoms with E-state index in [0.717, 1.165) is 11.9 Å². The zero-order valence-corrected chi connectivity index (χ0v) is 11.6. The molecule has 0 aliphatic heterocycles. The van der Waals surface area contributed by atoms with E-state index in [1.807, 2.05) is 0 Å². The van der Waals surface area contributed by atoms with Gasteiger partial charge in [0.15, 0.2) is 0 Å². The average molecular weight is 291 g/mol. The Morgan fingerprint density at radius 3 is 2.55 bits per heavy atom. The Bertz CT molecular complexity index is 726. The Balaban J connectivity index is 1.80. The number of nitrogens with one attached hydrogen (secondary N) is 1. The van der Waals surface area contributed by atoms with Crippen LogP contribution in [0.1, 0.15) is 24.5 Å². The number of sulfone groups is 1. The van der Waals surface area contributed by atoms with Crippen molar-refractivity contribution in [2.75, 3.05) is 11.6 Å². The highest BCUT2D eigenvalue weighted by atomic mass is 32.2. The van der Waals surface area contributed by atoms with E-state index in [-0.39, 0.29) is 5.16 Å². The van der Waals surface area contributed by atoms with Gasteiger partial charge in [0, 0.05) is 18.4 Å². The van der Waals surface area contributed by atoms with E-state index in [1.165, 1.54) is 19.0 Å². The fraction of sp³-hybridized carbons (Fsp3) is 0.333. The standard InChI is InChI=1S/C12H13N5O2S/c1-20(18,19)12-13-5-4-10(17-12)16-11-7-14-9(6-15-11)8-2-3-8/h4-8H,2-3H2,1H3,(H,13,15,16,17). The lowest BCUT2D eigenvalue weighted by molar-refractivity contribution is 0.593. The second-order valence-corrected chi connectivity index (χ2v) is 6.63. The molecule has 104 valence electrons. The molecule has 0 radical (unpaired) electrons. The highest BCUT2D eigenvalue weighted by Gasteiger charge is 2.25. The minimum atomic E-state index is -3.43. The van der Waals surface area contributed by atoms with Crippen molar-refractivity contribution < 1.29 is 8.42 Å². The van der Waals surface area contributed by atoms with E-state index in [1.54, 1.807) is 18.5 Å². The van der Waals surface area contributed by atoms with Gasteiger partial charge in [0.1, 0.15) is 11.6 Å². The van der Waals surface area contributed by atoms with Gasteiger partial charge in [-0.05, 0) is 18.9 Å². The zero-order valence-electron chi connectivity index (χ0n) is 10.8. The van der Waals surface area contributed by atoms with Gasteiger partial charge in [-0.3, -0.25) is 4.98 Å². The summed E-state index contributed by atoms with van der Waals surface area (Å²) in [4.78, 5) is 16.2. The van der Waals surface area contributed by atoms with Gasteiger partial charge in [-0.2, -0.15) is 0 Å². The molecule has 2 heterocycles. The summed E-state index contributed by atoms with van der Waals surface area (Å²) in [6, 6.07) is 1.57. The van der Waals surface area contributed by atoms with Crippen LogP contribution in [0.5, 0.6) is 0 Å². The molecule has 0 aromatic carbocycles. The minimum Gasteiger partial charge on any atom is -0.324 e. The molecule has 1 aliphatic rings. The van der Waals surface area contributed by atoms with Gasteiger partial charge in [-0.1, -0.05) is 0 Å². The number of rotatable bonds is 4. The van der Waals surface area contributed by atoms with E-state index in [2.05, 4.69) is 25.3 Å². The first-order valence-corrected chi connectivity index (χ1v) is 8.03. The fourth-order valence-corrected chi connectivity index (χ4v) is 2.23. The number of hydrogen-bond donors (Lipinski definition) is 1. The lowest BCUT2D eigenvalue weighted by Gasteiger charge is -2.05. The number of hydrogen-bond acceptors (Lipinski definition) is 7. The first-order chi connectivity index (χ1) is 9.52. The molecule has 0 amide bonds. The van der Waals surface area contributed by atoms with E-state index >= 15 is 0 Å². The summed E-state index contributed by atoms with van der Waals surface area (Å²) in [6.07, 6.45) is 8.15. The molecule has 0 spiro atoms. The van der Waals surface area contributed by atoms with Crippen molar-refractivity contribution in [3.05, 3.63) is 30.4 Å². The quantitative estimate of drug-likeness (QED) is 0.847. The van der Waals surface area contributed by atoms with Crippen LogP contribution in [0.2, 0.25) is 0 Å². The fourth-order valence-electron chi connectivity index (χ4n) is 1.71. The normalized spacial score (nSPS) is 15.1. The van der Waals surface area contributed by atoms with E-state index in [0.29, 0.717) is 17.6 Å². The van der Waals surface area contributed by atoms with E-state index < -0.39 is 9.84 Å². The van der Waals surface area contributed by atoms with Crippen LogP contribution in [0, 0.1) is 0 Å². The van der Waals surface area contributed by atoms with Crippen LogP contribution in [0.4, 0.5) is 11.6 Å². The maximum Gasteiger partial charge on any atom is 0.248 e. The maximum absolute atomic E-state index is 11.4.